The summed E-state index contributed by atoms with van der Waals surface area (Å²) in [4.78, 5) is 4.56. The highest BCUT2D eigenvalue weighted by molar-refractivity contribution is 5.85. The number of hydrogen-bond acceptors (Lipinski definition) is 1. The summed E-state index contributed by atoms with van der Waals surface area (Å²) in [6.07, 6.45) is 4.80. The monoisotopic (exact) mass is 168 g/mol. The second-order valence-corrected chi connectivity index (χ2v) is 4.37. The zero-order chi connectivity index (χ0) is 9.19. The van der Waals surface area contributed by atoms with E-state index in [0.29, 0.717) is 5.92 Å². The molecule has 0 aromatic rings. The summed E-state index contributed by atoms with van der Waals surface area (Å²) in [5.41, 5.74) is 5.90. The topological polar surface area (TPSA) is 38.4 Å². The maximum absolute atomic E-state index is 5.85. The molecule has 12 heavy (non-hydrogen) atoms. The lowest BCUT2D eigenvalue weighted by atomic mass is 10.00. The van der Waals surface area contributed by atoms with Crippen molar-refractivity contribution in [1.82, 2.24) is 0 Å². The molecule has 0 aromatic carbocycles. The molecule has 2 N–H and O–H groups in total. The maximum Gasteiger partial charge on any atom is 0.0975 e. The summed E-state index contributed by atoms with van der Waals surface area (Å²) in [7, 11) is 0. The van der Waals surface area contributed by atoms with Gasteiger partial charge in [0.25, 0.3) is 0 Å². The van der Waals surface area contributed by atoms with Crippen LogP contribution >= 0.6 is 0 Å². The van der Waals surface area contributed by atoms with Gasteiger partial charge in [0.15, 0.2) is 0 Å². The summed E-state index contributed by atoms with van der Waals surface area (Å²) >= 11 is 0. The van der Waals surface area contributed by atoms with Crippen molar-refractivity contribution < 1.29 is 0 Å². The normalized spacial score (nSPS) is 19.8. The van der Waals surface area contributed by atoms with Crippen LogP contribution in [0.5, 0.6) is 0 Å². The van der Waals surface area contributed by atoms with Crippen LogP contribution in [0, 0.1) is 5.92 Å². The van der Waals surface area contributed by atoms with Crippen LogP contribution in [0.4, 0.5) is 0 Å². The Labute approximate surface area is 75.3 Å². The van der Waals surface area contributed by atoms with Crippen molar-refractivity contribution in [2.75, 3.05) is 0 Å². The minimum atomic E-state index is 0.0570. The minimum absolute atomic E-state index is 0.0570. The summed E-state index contributed by atoms with van der Waals surface area (Å²) in [5, 5.41) is 0. The summed E-state index contributed by atoms with van der Waals surface area (Å²) in [6.45, 7) is 6.50. The van der Waals surface area contributed by atoms with Crippen molar-refractivity contribution in [2.45, 2.75) is 52.0 Å². The Balaban J connectivity index is 2.49. The van der Waals surface area contributed by atoms with Gasteiger partial charge >= 0.3 is 0 Å². The lowest BCUT2D eigenvalue weighted by Gasteiger charge is -2.19. The molecule has 1 saturated carbocycles. The Hall–Kier alpha value is -0.530. The van der Waals surface area contributed by atoms with E-state index >= 15 is 0 Å². The van der Waals surface area contributed by atoms with Gasteiger partial charge in [0.1, 0.15) is 0 Å². The first-order valence-corrected chi connectivity index (χ1v) is 4.90. The Morgan fingerprint density at radius 1 is 1.50 bits per heavy atom. The van der Waals surface area contributed by atoms with E-state index in [1.807, 2.05) is 0 Å². The third-order valence-electron chi connectivity index (χ3n) is 2.29. The first-order chi connectivity index (χ1) is 5.55. The molecule has 0 bridgehead atoms. The average molecular weight is 168 g/mol. The molecule has 0 aromatic heterocycles. The highest BCUT2D eigenvalue weighted by atomic mass is 14.9. The summed E-state index contributed by atoms with van der Waals surface area (Å²) in [5.74, 6) is 1.49. The third-order valence-corrected chi connectivity index (χ3v) is 2.29. The molecule has 0 spiro atoms. The highest BCUT2D eigenvalue weighted by Gasteiger charge is 2.27. The fraction of sp³-hybridized carbons (Fsp3) is 0.900. The van der Waals surface area contributed by atoms with Crippen LogP contribution in [-0.4, -0.2) is 11.4 Å². The molecule has 2 heteroatoms. The number of nitrogens with two attached hydrogens (primary N) is 1. The average Bonchev–Trinajstić information content (AvgIpc) is 2.65. The molecule has 0 heterocycles. The molecule has 0 amide bonds. The van der Waals surface area contributed by atoms with Gasteiger partial charge in [0.2, 0.25) is 0 Å². The largest absolute Gasteiger partial charge is 0.387 e. The van der Waals surface area contributed by atoms with Crippen molar-refractivity contribution in [1.29, 1.82) is 0 Å². The Kier molecular flexibility index (Phi) is 2.76. The molecule has 1 aliphatic carbocycles. The summed E-state index contributed by atoms with van der Waals surface area (Å²) < 4.78 is 0. The molecule has 70 valence electrons. The fourth-order valence-electron chi connectivity index (χ4n) is 1.49. The van der Waals surface area contributed by atoms with E-state index in [2.05, 4.69) is 25.8 Å². The van der Waals surface area contributed by atoms with Crippen molar-refractivity contribution in [3.63, 3.8) is 0 Å². The van der Waals surface area contributed by atoms with Crippen LogP contribution in [-0.2, 0) is 0 Å². The standard InChI is InChI=1S/C10H20N2/c1-4-7-10(2,3)12-9(11)8-5-6-8/h8H,4-7H2,1-3H3,(H2,11,12). The molecule has 1 aliphatic rings. The van der Waals surface area contributed by atoms with Crippen molar-refractivity contribution in [3.05, 3.63) is 0 Å². The molecular formula is C10H20N2. The predicted octanol–water partition coefficient (Wildman–Crippen LogP) is 2.33. The van der Waals surface area contributed by atoms with Gasteiger partial charge in [0, 0.05) is 5.92 Å². The van der Waals surface area contributed by atoms with Crippen LogP contribution in [0.15, 0.2) is 4.99 Å². The lowest BCUT2D eigenvalue weighted by Crippen LogP contribution is -2.24. The zero-order valence-corrected chi connectivity index (χ0v) is 8.43. The number of amidine groups is 1. The molecule has 0 saturated heterocycles. The van der Waals surface area contributed by atoms with Crippen LogP contribution in [0.2, 0.25) is 0 Å². The van der Waals surface area contributed by atoms with Gasteiger partial charge in [-0.05, 0) is 33.1 Å². The lowest BCUT2D eigenvalue weighted by molar-refractivity contribution is 0.471. The predicted molar refractivity (Wildman–Crippen MR) is 53.3 cm³/mol. The first kappa shape index (κ1) is 9.56. The molecule has 1 fully saturated rings. The molecular weight excluding hydrogens is 148 g/mol. The maximum atomic E-state index is 5.85. The van der Waals surface area contributed by atoms with Gasteiger partial charge in [-0.1, -0.05) is 13.3 Å². The number of aliphatic imine (C=N–C) groups is 1. The van der Waals surface area contributed by atoms with Gasteiger partial charge in [-0.2, -0.15) is 0 Å². The van der Waals surface area contributed by atoms with Gasteiger partial charge in [-0.3, -0.25) is 4.99 Å². The van der Waals surface area contributed by atoms with Gasteiger partial charge in [0.05, 0.1) is 11.4 Å². The van der Waals surface area contributed by atoms with E-state index < -0.39 is 0 Å². The second-order valence-electron chi connectivity index (χ2n) is 4.37. The van der Waals surface area contributed by atoms with Crippen LogP contribution in [0.3, 0.4) is 0 Å². The number of hydrogen-bond donors (Lipinski definition) is 1. The molecule has 0 unspecified atom stereocenters. The van der Waals surface area contributed by atoms with E-state index in [1.165, 1.54) is 19.3 Å². The SMILES string of the molecule is CCCC(C)(C)N=C(N)C1CC1. The zero-order valence-electron chi connectivity index (χ0n) is 8.43. The van der Waals surface area contributed by atoms with Gasteiger partial charge < -0.3 is 5.73 Å². The van der Waals surface area contributed by atoms with Gasteiger partial charge in [-0.25, -0.2) is 0 Å². The van der Waals surface area contributed by atoms with E-state index in [4.69, 9.17) is 5.73 Å². The summed E-state index contributed by atoms with van der Waals surface area (Å²) in [6, 6.07) is 0. The van der Waals surface area contributed by atoms with E-state index in [1.54, 1.807) is 0 Å². The fourth-order valence-corrected chi connectivity index (χ4v) is 1.49. The van der Waals surface area contributed by atoms with Crippen molar-refractivity contribution >= 4 is 5.84 Å². The third kappa shape index (κ3) is 2.84. The highest BCUT2D eigenvalue weighted by Crippen LogP contribution is 2.30. The Morgan fingerprint density at radius 2 is 2.08 bits per heavy atom. The second kappa shape index (κ2) is 3.46. The molecule has 2 nitrogen and oxygen atoms in total. The number of rotatable bonds is 4. The molecule has 0 radical (unpaired) electrons. The van der Waals surface area contributed by atoms with E-state index in [9.17, 15) is 0 Å². The van der Waals surface area contributed by atoms with Crippen LogP contribution < -0.4 is 5.73 Å². The van der Waals surface area contributed by atoms with E-state index in [-0.39, 0.29) is 5.54 Å². The van der Waals surface area contributed by atoms with Crippen molar-refractivity contribution in [2.24, 2.45) is 16.6 Å². The molecule has 1 rings (SSSR count). The van der Waals surface area contributed by atoms with Crippen LogP contribution in [0.1, 0.15) is 46.5 Å². The number of nitrogens with zero attached hydrogens (tertiary/aromatic N) is 1. The Morgan fingerprint density at radius 3 is 2.50 bits per heavy atom. The van der Waals surface area contributed by atoms with Crippen LogP contribution in [0.25, 0.3) is 0 Å². The van der Waals surface area contributed by atoms with E-state index in [0.717, 1.165) is 12.3 Å². The molecule has 0 aliphatic heterocycles. The first-order valence-electron chi connectivity index (χ1n) is 4.90. The van der Waals surface area contributed by atoms with Gasteiger partial charge in [-0.15, -0.1) is 0 Å². The van der Waals surface area contributed by atoms with Crippen molar-refractivity contribution in [3.8, 4) is 0 Å². The quantitative estimate of drug-likeness (QED) is 0.508. The minimum Gasteiger partial charge on any atom is -0.387 e. The smallest absolute Gasteiger partial charge is 0.0975 e. The molecule has 0 atom stereocenters. The Bertz CT molecular complexity index is 178.